The van der Waals surface area contributed by atoms with E-state index in [9.17, 15) is 19.8 Å². The van der Waals surface area contributed by atoms with E-state index in [0.717, 1.165) is 10.5 Å². The van der Waals surface area contributed by atoms with Crippen molar-refractivity contribution in [2.75, 3.05) is 6.61 Å². The Balaban J connectivity index is 1.98. The molecule has 0 saturated heterocycles. The first-order valence-corrected chi connectivity index (χ1v) is 6.95. The lowest BCUT2D eigenvalue weighted by Crippen LogP contribution is -2.49. The predicted molar refractivity (Wildman–Crippen MR) is 78.7 cm³/mol. The minimum Gasteiger partial charge on any atom is -0.455 e. The minimum absolute atomic E-state index is 0.387. The lowest BCUT2D eigenvalue weighted by molar-refractivity contribution is -0.166. The SMILES string of the molecule is O=C(COC(=O)[C@]1(O)C=CC=C[C@H]1O)c1ccc(Br)cc1. The summed E-state index contributed by atoms with van der Waals surface area (Å²) in [4.78, 5) is 23.7. The average molecular weight is 353 g/mol. The summed E-state index contributed by atoms with van der Waals surface area (Å²) in [5.41, 5.74) is -1.77. The van der Waals surface area contributed by atoms with Crippen molar-refractivity contribution in [3.63, 3.8) is 0 Å². The molecule has 1 aliphatic rings. The van der Waals surface area contributed by atoms with Crippen molar-refractivity contribution in [3.05, 3.63) is 58.6 Å². The second-order valence-corrected chi connectivity index (χ2v) is 5.44. The lowest BCUT2D eigenvalue weighted by Gasteiger charge is -2.27. The van der Waals surface area contributed by atoms with Crippen molar-refractivity contribution in [3.8, 4) is 0 Å². The van der Waals surface area contributed by atoms with Crippen molar-refractivity contribution in [2.45, 2.75) is 11.7 Å². The number of benzene rings is 1. The van der Waals surface area contributed by atoms with E-state index in [1.807, 2.05) is 0 Å². The normalized spacial score (nSPS) is 23.9. The van der Waals surface area contributed by atoms with Gasteiger partial charge in [-0.2, -0.15) is 0 Å². The van der Waals surface area contributed by atoms with Gasteiger partial charge in [-0.15, -0.1) is 0 Å². The molecule has 2 atom stereocenters. The van der Waals surface area contributed by atoms with Crippen LogP contribution in [0.4, 0.5) is 0 Å². The highest BCUT2D eigenvalue weighted by Crippen LogP contribution is 2.20. The first-order valence-electron chi connectivity index (χ1n) is 6.16. The third kappa shape index (κ3) is 3.47. The van der Waals surface area contributed by atoms with E-state index in [2.05, 4.69) is 15.9 Å². The molecule has 0 heterocycles. The first kappa shape index (κ1) is 15.6. The molecule has 1 aromatic rings. The highest BCUT2D eigenvalue weighted by Gasteiger charge is 2.42. The standard InChI is InChI=1S/C15H13BrO5/c16-11-6-4-10(5-7-11)12(17)9-21-14(19)15(20)8-2-1-3-13(15)18/h1-8,13,18,20H,9H2/t13-,15+/m1/s1. The van der Waals surface area contributed by atoms with E-state index in [-0.39, 0.29) is 0 Å². The number of rotatable bonds is 4. The monoisotopic (exact) mass is 352 g/mol. The van der Waals surface area contributed by atoms with Crippen LogP contribution in [0.2, 0.25) is 0 Å². The fourth-order valence-corrected chi connectivity index (χ4v) is 2.04. The molecule has 5 nitrogen and oxygen atoms in total. The second-order valence-electron chi connectivity index (χ2n) is 4.52. The van der Waals surface area contributed by atoms with Crippen LogP contribution in [0.3, 0.4) is 0 Å². The Hall–Kier alpha value is -1.76. The van der Waals surface area contributed by atoms with Crippen LogP contribution in [-0.2, 0) is 9.53 Å². The van der Waals surface area contributed by atoms with Crippen molar-refractivity contribution in [1.82, 2.24) is 0 Å². The third-order valence-electron chi connectivity index (χ3n) is 3.03. The van der Waals surface area contributed by atoms with Crippen molar-refractivity contribution < 1.29 is 24.5 Å². The number of carbonyl (C=O) groups excluding carboxylic acids is 2. The quantitative estimate of drug-likeness (QED) is 0.631. The van der Waals surface area contributed by atoms with Gasteiger partial charge in [0.15, 0.2) is 12.4 Å². The zero-order valence-corrected chi connectivity index (χ0v) is 12.5. The highest BCUT2D eigenvalue weighted by molar-refractivity contribution is 9.10. The van der Waals surface area contributed by atoms with Gasteiger partial charge in [-0.05, 0) is 18.2 Å². The van der Waals surface area contributed by atoms with Gasteiger partial charge in [-0.25, -0.2) is 4.79 Å². The highest BCUT2D eigenvalue weighted by atomic mass is 79.9. The molecule has 0 amide bonds. The second kappa shape index (κ2) is 6.34. The molecule has 0 aromatic heterocycles. The fourth-order valence-electron chi connectivity index (χ4n) is 1.77. The number of aliphatic hydroxyl groups excluding tert-OH is 1. The van der Waals surface area contributed by atoms with Crippen molar-refractivity contribution in [2.24, 2.45) is 0 Å². The summed E-state index contributed by atoms with van der Waals surface area (Å²) >= 11 is 3.25. The Morgan fingerprint density at radius 2 is 1.90 bits per heavy atom. The number of carbonyl (C=O) groups is 2. The minimum atomic E-state index is -2.16. The number of aliphatic hydroxyl groups is 2. The van der Waals surface area contributed by atoms with Crippen LogP contribution in [0.15, 0.2) is 53.0 Å². The van der Waals surface area contributed by atoms with Gasteiger partial charge in [0.05, 0.1) is 0 Å². The van der Waals surface area contributed by atoms with Gasteiger partial charge in [-0.1, -0.05) is 46.3 Å². The van der Waals surface area contributed by atoms with Crippen LogP contribution in [0.1, 0.15) is 10.4 Å². The molecular weight excluding hydrogens is 340 g/mol. The molecule has 0 aliphatic heterocycles. The van der Waals surface area contributed by atoms with E-state index in [0.29, 0.717) is 5.56 Å². The maximum Gasteiger partial charge on any atom is 0.345 e. The Kier molecular flexibility index (Phi) is 4.72. The number of halogens is 1. The number of Topliss-reactive ketones (excluding diaryl/α,β-unsaturated/α-hetero) is 1. The lowest BCUT2D eigenvalue weighted by atomic mass is 9.92. The summed E-state index contributed by atoms with van der Waals surface area (Å²) < 4.78 is 5.63. The van der Waals surface area contributed by atoms with E-state index < -0.39 is 30.1 Å². The molecule has 1 aromatic carbocycles. The van der Waals surface area contributed by atoms with Gasteiger partial charge < -0.3 is 14.9 Å². The van der Waals surface area contributed by atoms with E-state index in [4.69, 9.17) is 4.74 Å². The number of allylic oxidation sites excluding steroid dienone is 2. The maximum atomic E-state index is 11.9. The summed E-state index contributed by atoms with van der Waals surface area (Å²) in [7, 11) is 0. The van der Waals surface area contributed by atoms with Crippen LogP contribution in [0.25, 0.3) is 0 Å². The number of hydrogen-bond acceptors (Lipinski definition) is 5. The summed E-state index contributed by atoms with van der Waals surface area (Å²) in [6, 6.07) is 6.57. The van der Waals surface area contributed by atoms with Gasteiger partial charge in [0, 0.05) is 10.0 Å². The van der Waals surface area contributed by atoms with Gasteiger partial charge >= 0.3 is 5.97 Å². The van der Waals surface area contributed by atoms with E-state index in [1.165, 1.54) is 18.2 Å². The molecule has 0 radical (unpaired) electrons. The Morgan fingerprint density at radius 3 is 2.52 bits per heavy atom. The van der Waals surface area contributed by atoms with Gasteiger partial charge in [0.1, 0.15) is 6.10 Å². The smallest absolute Gasteiger partial charge is 0.345 e. The first-order chi connectivity index (χ1) is 9.93. The van der Waals surface area contributed by atoms with Gasteiger partial charge in [-0.3, -0.25) is 4.79 Å². The fraction of sp³-hybridized carbons (Fsp3) is 0.200. The van der Waals surface area contributed by atoms with Crippen LogP contribution < -0.4 is 0 Å². The van der Waals surface area contributed by atoms with Crippen LogP contribution in [0, 0.1) is 0 Å². The Morgan fingerprint density at radius 1 is 1.24 bits per heavy atom. The van der Waals surface area contributed by atoms with Crippen LogP contribution >= 0.6 is 15.9 Å². The maximum absolute atomic E-state index is 11.9. The van der Waals surface area contributed by atoms with Crippen molar-refractivity contribution >= 4 is 27.7 Å². The average Bonchev–Trinajstić information content (AvgIpc) is 2.48. The Labute approximate surface area is 129 Å². The Bertz CT molecular complexity index is 605. The molecule has 2 N–H and O–H groups in total. The molecule has 2 rings (SSSR count). The number of ether oxygens (including phenoxy) is 1. The molecular formula is C15H13BrO5. The van der Waals surface area contributed by atoms with Crippen LogP contribution in [-0.4, -0.2) is 40.3 Å². The molecule has 110 valence electrons. The molecule has 0 bridgehead atoms. The zero-order valence-electron chi connectivity index (χ0n) is 10.9. The van der Waals surface area contributed by atoms with Crippen molar-refractivity contribution in [1.29, 1.82) is 0 Å². The van der Waals surface area contributed by atoms with E-state index in [1.54, 1.807) is 24.3 Å². The number of hydrogen-bond donors (Lipinski definition) is 2. The summed E-state index contributed by atoms with van der Waals surface area (Å²) in [5.74, 6) is -1.47. The van der Waals surface area contributed by atoms with Gasteiger partial charge in [0.25, 0.3) is 0 Å². The molecule has 6 heteroatoms. The molecule has 1 aliphatic carbocycles. The third-order valence-corrected chi connectivity index (χ3v) is 3.56. The molecule has 0 fully saturated rings. The number of esters is 1. The van der Waals surface area contributed by atoms with Crippen LogP contribution in [0.5, 0.6) is 0 Å². The molecule has 0 spiro atoms. The predicted octanol–water partition coefficient (Wildman–Crippen LogP) is 1.39. The summed E-state index contributed by atoms with van der Waals surface area (Å²) in [5, 5.41) is 19.7. The topological polar surface area (TPSA) is 83.8 Å². The summed E-state index contributed by atoms with van der Waals surface area (Å²) in [6.07, 6.45) is 3.91. The molecule has 0 saturated carbocycles. The number of ketones is 1. The van der Waals surface area contributed by atoms with E-state index >= 15 is 0 Å². The molecule has 21 heavy (non-hydrogen) atoms. The van der Waals surface area contributed by atoms with Gasteiger partial charge in [0.2, 0.25) is 5.60 Å². The zero-order chi connectivity index (χ0) is 15.5. The molecule has 0 unspecified atom stereocenters. The summed E-state index contributed by atoms with van der Waals surface area (Å²) in [6.45, 7) is -0.507. The largest absolute Gasteiger partial charge is 0.455 e.